The van der Waals surface area contributed by atoms with Gasteiger partial charge in [0.15, 0.2) is 34.5 Å². The lowest BCUT2D eigenvalue weighted by Gasteiger charge is -2.21. The second-order valence-electron chi connectivity index (χ2n) is 10.2. The predicted molar refractivity (Wildman–Crippen MR) is 173 cm³/mol. The molecule has 0 aliphatic carbocycles. The Balaban J connectivity index is 1.49. The minimum Gasteiger partial charge on any atom is -0.504 e. The van der Waals surface area contributed by atoms with Crippen LogP contribution in [0.25, 0.3) is 18.2 Å². The van der Waals surface area contributed by atoms with Crippen molar-refractivity contribution in [1.29, 1.82) is 0 Å². The van der Waals surface area contributed by atoms with Gasteiger partial charge in [0, 0.05) is 44.4 Å². The van der Waals surface area contributed by atoms with Crippen molar-refractivity contribution in [3.05, 3.63) is 89.5 Å². The topological polar surface area (TPSA) is 200 Å². The Hall–Kier alpha value is -5.91. The van der Waals surface area contributed by atoms with Crippen LogP contribution >= 0.6 is 0 Å². The smallest absolute Gasteiger partial charge is 0.246 e. The van der Waals surface area contributed by atoms with Gasteiger partial charge in [-0.1, -0.05) is 18.2 Å². The lowest BCUT2D eigenvalue weighted by atomic mass is 10.2. The number of unbranched alkanes of at least 4 members (excludes halogenated alkanes) is 1. The average Bonchev–Trinajstić information content (AvgIpc) is 3.03. The van der Waals surface area contributed by atoms with Crippen LogP contribution in [0.2, 0.25) is 0 Å². The Morgan fingerprint density at radius 3 is 1.35 bits per heavy atom. The quantitative estimate of drug-likeness (QED) is 0.0701. The zero-order chi connectivity index (χ0) is 33.5. The van der Waals surface area contributed by atoms with Crippen molar-refractivity contribution in [1.82, 2.24) is 15.5 Å². The van der Waals surface area contributed by atoms with Gasteiger partial charge in [0.25, 0.3) is 0 Å². The van der Waals surface area contributed by atoms with E-state index >= 15 is 0 Å². The van der Waals surface area contributed by atoms with Gasteiger partial charge in [-0.05, 0) is 90.6 Å². The highest BCUT2D eigenvalue weighted by molar-refractivity contribution is 5.93. The summed E-state index contributed by atoms with van der Waals surface area (Å²) < 4.78 is 0. The molecule has 0 spiro atoms. The van der Waals surface area contributed by atoms with Crippen molar-refractivity contribution in [3.8, 4) is 34.5 Å². The predicted octanol–water partition coefficient (Wildman–Crippen LogP) is 3.59. The maximum Gasteiger partial charge on any atom is 0.246 e. The second kappa shape index (κ2) is 17.4. The highest BCUT2D eigenvalue weighted by atomic mass is 16.3. The van der Waals surface area contributed by atoms with Gasteiger partial charge in [-0.3, -0.25) is 14.4 Å². The van der Waals surface area contributed by atoms with Gasteiger partial charge in [0.1, 0.15) is 0 Å². The summed E-state index contributed by atoms with van der Waals surface area (Å²) in [6, 6.07) is 12.6. The van der Waals surface area contributed by atoms with E-state index in [0.29, 0.717) is 55.6 Å². The molecule has 3 rings (SSSR count). The first-order valence-corrected chi connectivity index (χ1v) is 14.5. The van der Waals surface area contributed by atoms with Crippen molar-refractivity contribution >= 4 is 35.9 Å². The van der Waals surface area contributed by atoms with Crippen LogP contribution in [0.4, 0.5) is 0 Å². The standard InChI is InChI=1S/C34H37N3O9/c38-26-10-4-23(20-29(26)41)7-13-32(44)35-16-1-2-18-37(34(46)15-9-25-6-12-28(40)31(43)22-25)19-3-17-36-33(45)14-8-24-5-11-27(39)30(42)21-24/h4-15,20-22,38-43H,1-3,16-19H2,(H,35,44)(H,36,45). The number of nitrogens with one attached hydrogen (secondary N) is 2. The molecule has 0 atom stereocenters. The molecule has 0 aliphatic heterocycles. The fourth-order valence-electron chi connectivity index (χ4n) is 4.12. The van der Waals surface area contributed by atoms with Crippen LogP contribution in [-0.2, 0) is 14.4 Å². The van der Waals surface area contributed by atoms with E-state index in [9.17, 15) is 45.0 Å². The number of phenols is 6. The van der Waals surface area contributed by atoms with E-state index in [1.54, 1.807) is 23.1 Å². The van der Waals surface area contributed by atoms with Crippen molar-refractivity contribution in [3.63, 3.8) is 0 Å². The molecule has 242 valence electrons. The molecular formula is C34H37N3O9. The molecular weight excluding hydrogens is 594 g/mol. The van der Waals surface area contributed by atoms with Gasteiger partial charge in [0.2, 0.25) is 17.7 Å². The third kappa shape index (κ3) is 11.6. The van der Waals surface area contributed by atoms with E-state index in [1.165, 1.54) is 72.9 Å². The first-order chi connectivity index (χ1) is 22.0. The number of nitrogens with zero attached hydrogens (tertiary/aromatic N) is 1. The molecule has 8 N–H and O–H groups in total. The maximum atomic E-state index is 13.0. The van der Waals surface area contributed by atoms with E-state index in [4.69, 9.17) is 0 Å². The number of phenolic OH excluding ortho intramolecular Hbond substituents is 6. The molecule has 12 nitrogen and oxygen atoms in total. The Morgan fingerprint density at radius 2 is 0.913 bits per heavy atom. The largest absolute Gasteiger partial charge is 0.504 e. The molecule has 0 fully saturated rings. The lowest BCUT2D eigenvalue weighted by molar-refractivity contribution is -0.126. The Bertz CT molecular complexity index is 1620. The third-order valence-electron chi connectivity index (χ3n) is 6.64. The molecule has 12 heteroatoms. The molecule has 3 amide bonds. The summed E-state index contributed by atoms with van der Waals surface area (Å²) in [5.41, 5.74) is 1.59. The van der Waals surface area contributed by atoms with Crippen LogP contribution in [0.1, 0.15) is 36.0 Å². The van der Waals surface area contributed by atoms with Gasteiger partial charge in [0.05, 0.1) is 0 Å². The molecule has 0 radical (unpaired) electrons. The number of carbonyl (C=O) groups excluding carboxylic acids is 3. The summed E-state index contributed by atoms with van der Waals surface area (Å²) in [5.74, 6) is -2.69. The highest BCUT2D eigenvalue weighted by Gasteiger charge is 2.11. The van der Waals surface area contributed by atoms with Gasteiger partial charge >= 0.3 is 0 Å². The van der Waals surface area contributed by atoms with E-state index in [2.05, 4.69) is 10.6 Å². The van der Waals surface area contributed by atoms with Crippen molar-refractivity contribution in [2.45, 2.75) is 19.3 Å². The summed E-state index contributed by atoms with van der Waals surface area (Å²) >= 11 is 0. The summed E-state index contributed by atoms with van der Waals surface area (Å²) in [4.78, 5) is 39.0. The molecule has 0 saturated carbocycles. The number of amides is 3. The van der Waals surface area contributed by atoms with Gasteiger partial charge in [-0.25, -0.2) is 0 Å². The summed E-state index contributed by atoms with van der Waals surface area (Å²) in [7, 11) is 0. The average molecular weight is 632 g/mol. The number of carbonyl (C=O) groups is 3. The fraction of sp³-hybridized carbons (Fsp3) is 0.206. The van der Waals surface area contributed by atoms with Crippen LogP contribution < -0.4 is 10.6 Å². The van der Waals surface area contributed by atoms with Crippen molar-refractivity contribution < 1.29 is 45.0 Å². The fourth-order valence-corrected chi connectivity index (χ4v) is 4.12. The van der Waals surface area contributed by atoms with Crippen molar-refractivity contribution in [2.24, 2.45) is 0 Å². The second-order valence-corrected chi connectivity index (χ2v) is 10.2. The monoisotopic (exact) mass is 631 g/mol. The van der Waals surface area contributed by atoms with E-state index in [1.807, 2.05) is 0 Å². The van der Waals surface area contributed by atoms with E-state index in [-0.39, 0.29) is 58.8 Å². The normalized spacial score (nSPS) is 11.3. The molecule has 0 bridgehead atoms. The molecule has 0 heterocycles. The Morgan fingerprint density at radius 1 is 0.522 bits per heavy atom. The Labute approximate surface area is 265 Å². The molecule has 3 aromatic carbocycles. The number of hydrogen-bond donors (Lipinski definition) is 8. The van der Waals surface area contributed by atoms with Crippen LogP contribution in [0.5, 0.6) is 34.5 Å². The van der Waals surface area contributed by atoms with Crippen LogP contribution in [0.3, 0.4) is 0 Å². The molecule has 0 aromatic heterocycles. The number of rotatable bonds is 15. The van der Waals surface area contributed by atoms with Crippen LogP contribution in [-0.4, -0.2) is 79.4 Å². The van der Waals surface area contributed by atoms with Crippen LogP contribution in [0, 0.1) is 0 Å². The van der Waals surface area contributed by atoms with E-state index in [0.717, 1.165) is 0 Å². The van der Waals surface area contributed by atoms with Gasteiger partial charge in [-0.15, -0.1) is 0 Å². The van der Waals surface area contributed by atoms with Crippen LogP contribution in [0.15, 0.2) is 72.8 Å². The summed E-state index contributed by atoms with van der Waals surface area (Å²) in [6.07, 6.45) is 10.1. The number of benzene rings is 3. The number of hydrogen-bond acceptors (Lipinski definition) is 9. The highest BCUT2D eigenvalue weighted by Crippen LogP contribution is 2.27. The first-order valence-electron chi connectivity index (χ1n) is 14.5. The molecule has 3 aromatic rings. The zero-order valence-electron chi connectivity index (χ0n) is 25.0. The third-order valence-corrected chi connectivity index (χ3v) is 6.64. The molecule has 0 saturated heterocycles. The summed E-state index contributed by atoms with van der Waals surface area (Å²) in [6.45, 7) is 1.34. The SMILES string of the molecule is O=C(C=Cc1ccc(O)c(O)c1)NCCCCN(CCCNC(=O)C=Cc1ccc(O)c(O)c1)C(=O)C=Cc1ccc(O)c(O)c1. The van der Waals surface area contributed by atoms with Crippen molar-refractivity contribution in [2.75, 3.05) is 26.2 Å². The van der Waals surface area contributed by atoms with E-state index < -0.39 is 0 Å². The summed E-state index contributed by atoms with van der Waals surface area (Å²) in [5, 5.41) is 62.6. The van der Waals surface area contributed by atoms with Gasteiger partial charge < -0.3 is 46.2 Å². The zero-order valence-corrected chi connectivity index (χ0v) is 25.0. The number of aromatic hydroxyl groups is 6. The molecule has 0 unspecified atom stereocenters. The van der Waals surface area contributed by atoms with Gasteiger partial charge in [-0.2, -0.15) is 0 Å². The minimum atomic E-state index is -0.371. The maximum absolute atomic E-state index is 13.0. The molecule has 0 aliphatic rings. The minimum absolute atomic E-state index is 0.254. The Kier molecular flexibility index (Phi) is 13.1. The lowest BCUT2D eigenvalue weighted by Crippen LogP contribution is -2.34. The first kappa shape index (κ1) is 34.6. The molecule has 46 heavy (non-hydrogen) atoms.